The van der Waals surface area contributed by atoms with E-state index >= 15 is 0 Å². The average Bonchev–Trinajstić information content (AvgIpc) is 2.97. The maximum absolute atomic E-state index is 13.3. The van der Waals surface area contributed by atoms with Gasteiger partial charge in [-0.2, -0.15) is 0 Å². The molecule has 1 aliphatic rings. The van der Waals surface area contributed by atoms with Crippen molar-refractivity contribution in [2.45, 2.75) is 27.2 Å². The van der Waals surface area contributed by atoms with Crippen LogP contribution in [-0.4, -0.2) is 16.3 Å². The molecule has 0 fully saturated rings. The number of hydrogen-bond acceptors (Lipinski definition) is 3. The van der Waals surface area contributed by atoms with Gasteiger partial charge in [0.15, 0.2) is 5.82 Å². The summed E-state index contributed by atoms with van der Waals surface area (Å²) in [4.78, 5) is 20.0. The Balaban J connectivity index is 0.000000701. The van der Waals surface area contributed by atoms with Crippen molar-refractivity contribution in [3.8, 4) is 0 Å². The first-order chi connectivity index (χ1) is 11.9. The fourth-order valence-electron chi connectivity index (χ4n) is 2.89. The molecule has 0 N–H and O–H groups in total. The van der Waals surface area contributed by atoms with E-state index in [1.807, 2.05) is 26.8 Å². The fraction of sp³-hybridized carbons (Fsp3) is 0.190. The molecule has 0 radical (unpaired) electrons. The molecule has 0 saturated heterocycles. The highest BCUT2D eigenvalue weighted by atomic mass is 19.1. The molecule has 4 heteroatoms. The Labute approximate surface area is 147 Å². The van der Waals surface area contributed by atoms with E-state index in [0.29, 0.717) is 29.7 Å². The normalized spacial score (nSPS) is 11.8. The number of aryl methyl sites for hydroxylation is 2. The molecule has 25 heavy (non-hydrogen) atoms. The van der Waals surface area contributed by atoms with Gasteiger partial charge >= 0.3 is 0 Å². The summed E-state index contributed by atoms with van der Waals surface area (Å²) in [5.41, 5.74) is 5.31. The third-order valence-corrected chi connectivity index (χ3v) is 3.86. The zero-order valence-corrected chi connectivity index (χ0v) is 14.8. The minimum atomic E-state index is -0.237. The molecule has 0 spiro atoms. The van der Waals surface area contributed by atoms with Crippen LogP contribution in [0.1, 0.15) is 40.8 Å². The predicted molar refractivity (Wildman–Crippen MR) is 99.7 cm³/mol. The van der Waals surface area contributed by atoms with Crippen LogP contribution in [0.15, 0.2) is 43.5 Å². The first-order valence-corrected chi connectivity index (χ1v) is 7.99. The Morgan fingerprint density at radius 3 is 2.40 bits per heavy atom. The van der Waals surface area contributed by atoms with Crippen molar-refractivity contribution in [3.05, 3.63) is 83.2 Å². The Bertz CT molecular complexity index is 858. The molecule has 1 aromatic heterocycles. The highest BCUT2D eigenvalue weighted by Crippen LogP contribution is 2.32. The molecule has 0 amide bonds. The maximum Gasteiger partial charge on any atom is 0.159 e. The number of aldehydes is 1. The number of hydrogen-bond donors (Lipinski definition) is 0. The van der Waals surface area contributed by atoms with Gasteiger partial charge in [-0.3, -0.25) is 4.79 Å². The van der Waals surface area contributed by atoms with E-state index in [1.165, 1.54) is 6.07 Å². The molecule has 0 bridgehead atoms. The maximum atomic E-state index is 13.3. The molecule has 3 nitrogen and oxygen atoms in total. The largest absolute Gasteiger partial charge is 0.298 e. The smallest absolute Gasteiger partial charge is 0.159 e. The quantitative estimate of drug-likeness (QED) is 0.466. The van der Waals surface area contributed by atoms with Crippen LogP contribution in [-0.2, 0) is 11.2 Å². The van der Waals surface area contributed by atoms with Crippen LogP contribution in [0.25, 0.3) is 11.1 Å². The summed E-state index contributed by atoms with van der Waals surface area (Å²) in [6.45, 7) is 12.7. The summed E-state index contributed by atoms with van der Waals surface area (Å²) in [7, 11) is 0. The van der Waals surface area contributed by atoms with E-state index in [-0.39, 0.29) is 5.82 Å². The van der Waals surface area contributed by atoms with Gasteiger partial charge in [0.2, 0.25) is 0 Å². The summed E-state index contributed by atoms with van der Waals surface area (Å²) >= 11 is 0. The van der Waals surface area contributed by atoms with Crippen LogP contribution in [0.5, 0.6) is 0 Å². The summed E-state index contributed by atoms with van der Waals surface area (Å²) in [6, 6.07) is 4.75. The van der Waals surface area contributed by atoms with Crippen LogP contribution in [0, 0.1) is 19.7 Å². The highest BCUT2D eigenvalue weighted by molar-refractivity contribution is 6.06. The first-order valence-electron chi connectivity index (χ1n) is 7.99. The zero-order valence-electron chi connectivity index (χ0n) is 14.8. The number of allylic oxidation sites excluding steroid dienone is 3. The number of aromatic nitrogens is 2. The standard InChI is InChI=1S/C18H15FN2O.C3H6/c1-10(9-22)17-11(2)20-18(21-12(17)3)16-6-4-13-8-14(19)5-7-15(13)16;1-3-2/h5-9H,1,4H2,2-3H3;3H,1H2,2H3. The molecule has 0 saturated carbocycles. The van der Waals surface area contributed by atoms with Crippen molar-refractivity contribution in [1.29, 1.82) is 0 Å². The number of halogens is 1. The van der Waals surface area contributed by atoms with E-state index in [9.17, 15) is 9.18 Å². The number of carbonyl (C=O) groups excluding carboxylic acids is 1. The number of benzene rings is 1. The monoisotopic (exact) mass is 336 g/mol. The lowest BCUT2D eigenvalue weighted by Gasteiger charge is -2.11. The number of rotatable bonds is 3. The molecule has 0 atom stereocenters. The summed E-state index contributed by atoms with van der Waals surface area (Å²) in [5, 5.41) is 0. The van der Waals surface area contributed by atoms with Gasteiger partial charge in [0.25, 0.3) is 0 Å². The van der Waals surface area contributed by atoms with E-state index in [4.69, 9.17) is 0 Å². The van der Waals surface area contributed by atoms with Gasteiger partial charge in [-0.1, -0.05) is 24.8 Å². The molecule has 0 aliphatic heterocycles. The average molecular weight is 336 g/mol. The van der Waals surface area contributed by atoms with Crippen molar-refractivity contribution in [2.75, 3.05) is 0 Å². The summed E-state index contributed by atoms with van der Waals surface area (Å²) in [6.07, 6.45) is 5.14. The summed E-state index contributed by atoms with van der Waals surface area (Å²) in [5.74, 6) is 0.363. The molecule has 3 rings (SSSR count). The van der Waals surface area contributed by atoms with Gasteiger partial charge in [-0.05, 0) is 50.5 Å². The highest BCUT2D eigenvalue weighted by Gasteiger charge is 2.20. The third-order valence-electron chi connectivity index (χ3n) is 3.86. The molecular formula is C21H21FN2O. The number of nitrogens with zero attached hydrogens (tertiary/aromatic N) is 2. The van der Waals surface area contributed by atoms with Gasteiger partial charge in [-0.15, -0.1) is 6.58 Å². The first kappa shape index (κ1) is 18.5. The Morgan fingerprint density at radius 1 is 1.24 bits per heavy atom. The van der Waals surface area contributed by atoms with Crippen LogP contribution in [0.2, 0.25) is 0 Å². The fourth-order valence-corrected chi connectivity index (χ4v) is 2.89. The molecule has 128 valence electrons. The number of fused-ring (bicyclic) bond motifs is 1. The molecule has 1 heterocycles. The van der Waals surface area contributed by atoms with E-state index < -0.39 is 0 Å². The van der Waals surface area contributed by atoms with E-state index in [2.05, 4.69) is 23.1 Å². The second-order valence-electron chi connectivity index (χ2n) is 5.77. The van der Waals surface area contributed by atoms with E-state index in [1.54, 1.807) is 18.2 Å². The van der Waals surface area contributed by atoms with Gasteiger partial charge in [0.1, 0.15) is 12.1 Å². The Kier molecular flexibility index (Phi) is 5.75. The lowest BCUT2D eigenvalue weighted by Crippen LogP contribution is -2.05. The molecule has 1 aliphatic carbocycles. The SMILES string of the molecule is C=C(C=O)c1c(C)nc(C2=CCc3cc(F)ccc32)nc1C.C=CC. The molecule has 0 unspecified atom stereocenters. The third kappa shape index (κ3) is 3.79. The lowest BCUT2D eigenvalue weighted by atomic mass is 10.0. The van der Waals surface area contributed by atoms with Crippen LogP contribution < -0.4 is 0 Å². The van der Waals surface area contributed by atoms with Crippen LogP contribution in [0.3, 0.4) is 0 Å². The van der Waals surface area contributed by atoms with Crippen molar-refractivity contribution in [3.63, 3.8) is 0 Å². The Hall–Kier alpha value is -2.88. The minimum Gasteiger partial charge on any atom is -0.298 e. The minimum absolute atomic E-state index is 0.237. The van der Waals surface area contributed by atoms with Gasteiger partial charge in [0.05, 0.1) is 0 Å². The van der Waals surface area contributed by atoms with Crippen molar-refractivity contribution in [1.82, 2.24) is 9.97 Å². The topological polar surface area (TPSA) is 42.9 Å². The second-order valence-corrected chi connectivity index (χ2v) is 5.77. The van der Waals surface area contributed by atoms with Crippen molar-refractivity contribution < 1.29 is 9.18 Å². The molecule has 1 aromatic carbocycles. The van der Waals surface area contributed by atoms with Crippen LogP contribution in [0.4, 0.5) is 4.39 Å². The van der Waals surface area contributed by atoms with Gasteiger partial charge in [-0.25, -0.2) is 14.4 Å². The molecule has 2 aromatic rings. The zero-order chi connectivity index (χ0) is 18.6. The van der Waals surface area contributed by atoms with Gasteiger partial charge in [0, 0.05) is 28.1 Å². The number of carbonyl (C=O) groups is 1. The van der Waals surface area contributed by atoms with Crippen molar-refractivity contribution in [2.24, 2.45) is 0 Å². The second kappa shape index (κ2) is 7.79. The summed E-state index contributed by atoms with van der Waals surface area (Å²) < 4.78 is 13.3. The van der Waals surface area contributed by atoms with Gasteiger partial charge < -0.3 is 0 Å². The van der Waals surface area contributed by atoms with E-state index in [0.717, 1.165) is 28.1 Å². The lowest BCUT2D eigenvalue weighted by molar-refractivity contribution is -0.103. The van der Waals surface area contributed by atoms with Crippen LogP contribution >= 0.6 is 0 Å². The van der Waals surface area contributed by atoms with Crippen molar-refractivity contribution >= 4 is 17.4 Å². The Morgan fingerprint density at radius 2 is 1.84 bits per heavy atom. The predicted octanol–water partition coefficient (Wildman–Crippen LogP) is 4.62. The molecular weight excluding hydrogens is 315 g/mol.